The molecule has 2 atom stereocenters. The number of carbonyl (C=O) groups excluding carboxylic acids is 2. The summed E-state index contributed by atoms with van der Waals surface area (Å²) < 4.78 is 33.3. The largest absolute Gasteiger partial charge is 0.472 e. The summed E-state index contributed by atoms with van der Waals surface area (Å²) in [7, 11) is -4.39. The molecule has 9 nitrogen and oxygen atoms in total. The van der Waals surface area contributed by atoms with Crippen molar-refractivity contribution in [2.75, 3.05) is 26.4 Å². The highest BCUT2D eigenvalue weighted by atomic mass is 31.2. The molecule has 0 spiro atoms. The summed E-state index contributed by atoms with van der Waals surface area (Å²) in [6, 6.07) is 0. The van der Waals surface area contributed by atoms with Gasteiger partial charge in [0.05, 0.1) is 13.2 Å². The molecule has 0 saturated carbocycles. The van der Waals surface area contributed by atoms with Crippen molar-refractivity contribution in [3.05, 3.63) is 0 Å². The molecule has 0 radical (unpaired) electrons. The summed E-state index contributed by atoms with van der Waals surface area (Å²) in [6.45, 7) is 3.86. The molecular weight excluding hydrogens is 1180 g/mol. The fraction of sp³-hybridized carbons (Fsp3) is 0.976. The lowest BCUT2D eigenvalue weighted by Gasteiger charge is -2.19. The first-order chi connectivity index (χ1) is 46.3. The van der Waals surface area contributed by atoms with Crippen LogP contribution in [0.25, 0.3) is 0 Å². The zero-order valence-electron chi connectivity index (χ0n) is 63.8. The van der Waals surface area contributed by atoms with Gasteiger partial charge in [-0.3, -0.25) is 18.6 Å². The minimum Gasteiger partial charge on any atom is -0.462 e. The Bertz CT molecular complexity index is 1500. The molecule has 0 aromatic carbocycles. The number of esters is 2. The molecule has 0 aromatic heterocycles. The van der Waals surface area contributed by atoms with E-state index in [-0.39, 0.29) is 32.1 Å². The summed E-state index contributed by atoms with van der Waals surface area (Å²) in [6.07, 6.45) is 100. The number of ether oxygens (including phenoxy) is 2. The molecule has 0 fully saturated rings. The fourth-order valence-corrected chi connectivity index (χ4v) is 14.6. The Balaban J connectivity index is 3.69. The van der Waals surface area contributed by atoms with Crippen LogP contribution in [0, 0.1) is 0 Å². The van der Waals surface area contributed by atoms with Crippen LogP contribution in [0.4, 0.5) is 0 Å². The van der Waals surface area contributed by atoms with Crippen molar-refractivity contribution in [3.63, 3.8) is 0 Å². The Hall–Kier alpha value is -0.990. The molecule has 0 saturated heterocycles. The molecule has 3 N–H and O–H groups in total. The van der Waals surface area contributed by atoms with Gasteiger partial charge >= 0.3 is 19.8 Å². The lowest BCUT2D eigenvalue weighted by atomic mass is 10.0. The van der Waals surface area contributed by atoms with Gasteiger partial charge < -0.3 is 20.1 Å². The predicted molar refractivity (Wildman–Crippen MR) is 409 cm³/mol. The Morgan fingerprint density at radius 2 is 0.457 bits per heavy atom. The van der Waals surface area contributed by atoms with E-state index in [0.717, 1.165) is 32.1 Å². The van der Waals surface area contributed by atoms with E-state index in [1.54, 1.807) is 0 Å². The first kappa shape index (κ1) is 93.0. The van der Waals surface area contributed by atoms with Gasteiger partial charge in [0.25, 0.3) is 0 Å². The van der Waals surface area contributed by atoms with Gasteiger partial charge in [-0.1, -0.05) is 470 Å². The van der Waals surface area contributed by atoms with Gasteiger partial charge in [0, 0.05) is 19.4 Å². The third kappa shape index (κ3) is 80.0. The maximum absolute atomic E-state index is 12.8. The van der Waals surface area contributed by atoms with Crippen molar-refractivity contribution in [1.29, 1.82) is 0 Å². The van der Waals surface area contributed by atoms with Crippen LogP contribution in [0.3, 0.4) is 0 Å². The molecule has 0 aliphatic heterocycles. The molecule has 10 heteroatoms. The molecule has 0 amide bonds. The summed E-state index contributed by atoms with van der Waals surface area (Å²) >= 11 is 0. The third-order valence-electron chi connectivity index (χ3n) is 20.2. The lowest BCUT2D eigenvalue weighted by Crippen LogP contribution is -2.29. The SMILES string of the molecule is CCCCCCCCCCCCCCCCCCCCCCCCCCCCCCCCCCCCCCCC(=O)OC(COC(=O)CCCCCCCCCCCCCCCCCCCCCCCCCCCCCCCCCCCCCC)COP(=O)(O)OCCN. The van der Waals surface area contributed by atoms with Crippen molar-refractivity contribution >= 4 is 19.8 Å². The van der Waals surface area contributed by atoms with Crippen LogP contribution in [-0.4, -0.2) is 49.3 Å². The predicted octanol–water partition coefficient (Wildman–Crippen LogP) is 28.8. The number of hydrogen-bond acceptors (Lipinski definition) is 8. The molecule has 2 unspecified atom stereocenters. The Morgan fingerprint density at radius 3 is 0.649 bits per heavy atom. The molecule has 562 valence electrons. The number of unbranched alkanes of at least 4 members (excludes halogenated alkanes) is 71. The van der Waals surface area contributed by atoms with E-state index < -0.39 is 26.5 Å². The maximum Gasteiger partial charge on any atom is 0.472 e. The molecule has 0 rings (SSSR count). The van der Waals surface area contributed by atoms with E-state index in [9.17, 15) is 19.0 Å². The molecule has 0 aromatic rings. The highest BCUT2D eigenvalue weighted by Crippen LogP contribution is 2.43. The monoisotopic (exact) mass is 1350 g/mol. The molecule has 0 aliphatic rings. The van der Waals surface area contributed by atoms with Crippen molar-refractivity contribution < 1.29 is 37.6 Å². The fourth-order valence-electron chi connectivity index (χ4n) is 13.9. The van der Waals surface area contributed by atoms with Gasteiger partial charge in [0.15, 0.2) is 6.10 Å². The van der Waals surface area contributed by atoms with Crippen LogP contribution in [-0.2, 0) is 32.7 Å². The van der Waals surface area contributed by atoms with Crippen molar-refractivity contribution in [3.8, 4) is 0 Å². The highest BCUT2D eigenvalue weighted by Gasteiger charge is 2.26. The minimum absolute atomic E-state index is 0.0590. The van der Waals surface area contributed by atoms with Crippen LogP contribution < -0.4 is 5.73 Å². The van der Waals surface area contributed by atoms with Crippen molar-refractivity contribution in [2.24, 2.45) is 5.73 Å². The Kier molecular flexibility index (Phi) is 80.1. The third-order valence-corrected chi connectivity index (χ3v) is 21.2. The van der Waals surface area contributed by atoms with E-state index in [0.29, 0.717) is 12.8 Å². The van der Waals surface area contributed by atoms with Crippen LogP contribution >= 0.6 is 7.82 Å². The smallest absolute Gasteiger partial charge is 0.462 e. The number of nitrogens with two attached hydrogens (primary N) is 1. The van der Waals surface area contributed by atoms with Crippen LogP contribution in [0.1, 0.15) is 495 Å². The quantitative estimate of drug-likeness (QED) is 0.0347. The summed E-state index contributed by atoms with van der Waals surface area (Å²) in [5.41, 5.74) is 5.42. The highest BCUT2D eigenvalue weighted by molar-refractivity contribution is 7.47. The van der Waals surface area contributed by atoms with Gasteiger partial charge in [-0.15, -0.1) is 0 Å². The van der Waals surface area contributed by atoms with Gasteiger partial charge in [-0.05, 0) is 12.8 Å². The van der Waals surface area contributed by atoms with Crippen LogP contribution in [0.15, 0.2) is 0 Å². The van der Waals surface area contributed by atoms with E-state index in [4.69, 9.17) is 24.3 Å². The van der Waals surface area contributed by atoms with Gasteiger partial charge in [0.1, 0.15) is 6.61 Å². The van der Waals surface area contributed by atoms with E-state index in [1.165, 1.54) is 430 Å². The first-order valence-electron chi connectivity index (χ1n) is 43.0. The summed E-state index contributed by atoms with van der Waals surface area (Å²) in [4.78, 5) is 35.5. The second kappa shape index (κ2) is 81.0. The maximum atomic E-state index is 12.8. The number of phosphoric ester groups is 1. The second-order valence-corrected chi connectivity index (χ2v) is 31.2. The zero-order chi connectivity index (χ0) is 67.9. The summed E-state index contributed by atoms with van der Waals surface area (Å²) in [5.74, 6) is -0.793. The summed E-state index contributed by atoms with van der Waals surface area (Å²) in [5, 5.41) is 0. The van der Waals surface area contributed by atoms with E-state index in [1.807, 2.05) is 0 Å². The van der Waals surface area contributed by atoms with Crippen LogP contribution in [0.5, 0.6) is 0 Å². The minimum atomic E-state index is -4.39. The zero-order valence-corrected chi connectivity index (χ0v) is 64.7. The molecule has 94 heavy (non-hydrogen) atoms. The Labute approximate surface area is 587 Å². The van der Waals surface area contributed by atoms with E-state index >= 15 is 0 Å². The topological polar surface area (TPSA) is 134 Å². The van der Waals surface area contributed by atoms with Gasteiger partial charge in [-0.25, -0.2) is 4.57 Å². The van der Waals surface area contributed by atoms with Crippen molar-refractivity contribution in [1.82, 2.24) is 0 Å². The van der Waals surface area contributed by atoms with Crippen molar-refractivity contribution in [2.45, 2.75) is 502 Å². The number of carbonyl (C=O) groups is 2. The van der Waals surface area contributed by atoms with Gasteiger partial charge in [0.2, 0.25) is 0 Å². The molecule has 0 bridgehead atoms. The first-order valence-corrected chi connectivity index (χ1v) is 44.5. The number of hydrogen-bond donors (Lipinski definition) is 2. The van der Waals surface area contributed by atoms with Crippen LogP contribution in [0.2, 0.25) is 0 Å². The second-order valence-electron chi connectivity index (χ2n) is 29.8. The number of phosphoric acid groups is 1. The molecular formula is C84H168NO8P. The average Bonchev–Trinajstić information content (AvgIpc) is 3.18. The normalized spacial score (nSPS) is 12.7. The van der Waals surface area contributed by atoms with E-state index in [2.05, 4.69) is 13.8 Å². The average molecular weight is 1350 g/mol. The standard InChI is InChI=1S/C84H168NO8P/c1-3-5-7-9-11-13-15-17-19-21-23-25-27-29-31-33-35-37-39-41-43-45-47-49-51-53-55-57-59-61-63-65-67-69-71-73-75-77-84(87)93-82(81-92-94(88,89)91-79-78-85)80-90-83(86)76-74-72-70-68-66-64-62-60-58-56-54-52-50-48-46-44-42-40-38-36-34-32-30-28-26-24-22-20-18-16-14-12-10-8-6-4-2/h82H,3-81,85H2,1-2H3,(H,88,89). The Morgan fingerprint density at radius 1 is 0.277 bits per heavy atom. The molecule has 0 heterocycles. The lowest BCUT2D eigenvalue weighted by molar-refractivity contribution is -0.161. The van der Waals surface area contributed by atoms with Gasteiger partial charge in [-0.2, -0.15) is 0 Å². The number of rotatable bonds is 84. The molecule has 0 aliphatic carbocycles.